The fraction of sp³-hybridized carbons (Fsp3) is 0. The van der Waals surface area contributed by atoms with Crippen LogP contribution in [0.2, 0.25) is 0 Å². The Bertz CT molecular complexity index is 656. The van der Waals surface area contributed by atoms with Crippen LogP contribution in [0.15, 0.2) is 47.5 Å². The highest BCUT2D eigenvalue weighted by molar-refractivity contribution is 7.92. The lowest BCUT2D eigenvalue weighted by molar-refractivity contribution is 0.583. The maximum Gasteiger partial charge on any atom is 0.262 e. The van der Waals surface area contributed by atoms with Gasteiger partial charge in [0, 0.05) is 5.69 Å². The molecule has 0 unspecified atom stereocenters. The number of hydrogen-bond acceptors (Lipinski definition) is 4. The Kier molecular flexibility index (Phi) is 3.15. The molecule has 1 aromatic heterocycles. The molecule has 0 fully saturated rings. The van der Waals surface area contributed by atoms with Crippen molar-refractivity contribution in [3.63, 3.8) is 0 Å². The fourth-order valence-electron chi connectivity index (χ4n) is 1.33. The number of sulfonamides is 1. The average molecular weight is 267 g/mol. The summed E-state index contributed by atoms with van der Waals surface area (Å²) in [4.78, 5) is 3.39. The molecular weight excluding hydrogens is 257 g/mol. The number of benzene rings is 1. The Morgan fingerprint density at radius 2 is 2.00 bits per heavy atom. The Labute approximate surface area is 104 Å². The standard InChI is InChI=1S/C11H10FN3O2S/c12-11-5-4-9(7-14-11)15-18(16,17)10-3-1-2-8(13)6-10/h1-7,15H,13H2. The minimum atomic E-state index is -3.74. The number of nitrogen functional groups attached to an aromatic ring is 1. The number of nitrogens with one attached hydrogen (secondary N) is 1. The molecule has 3 N–H and O–H groups in total. The molecule has 5 nitrogen and oxygen atoms in total. The molecule has 0 spiro atoms. The number of aromatic nitrogens is 1. The van der Waals surface area contributed by atoms with Gasteiger partial charge in [0.25, 0.3) is 10.0 Å². The highest BCUT2D eigenvalue weighted by Crippen LogP contribution is 2.17. The zero-order valence-corrected chi connectivity index (χ0v) is 9.99. The van der Waals surface area contributed by atoms with E-state index in [4.69, 9.17) is 5.73 Å². The van der Waals surface area contributed by atoms with Gasteiger partial charge in [0.05, 0.1) is 16.8 Å². The van der Waals surface area contributed by atoms with Gasteiger partial charge in [-0.1, -0.05) is 6.07 Å². The van der Waals surface area contributed by atoms with E-state index in [9.17, 15) is 12.8 Å². The second-order valence-electron chi connectivity index (χ2n) is 3.55. The predicted octanol–water partition coefficient (Wildman–Crippen LogP) is 1.60. The SMILES string of the molecule is Nc1cccc(S(=O)(=O)Nc2ccc(F)nc2)c1. The van der Waals surface area contributed by atoms with Gasteiger partial charge < -0.3 is 5.73 Å². The van der Waals surface area contributed by atoms with Crippen LogP contribution in [0.5, 0.6) is 0 Å². The molecule has 0 amide bonds. The number of nitrogens with zero attached hydrogens (tertiary/aromatic N) is 1. The Hall–Kier alpha value is -2.15. The summed E-state index contributed by atoms with van der Waals surface area (Å²) in [5, 5.41) is 0. The van der Waals surface area contributed by atoms with E-state index in [2.05, 4.69) is 9.71 Å². The maximum atomic E-state index is 12.6. The van der Waals surface area contributed by atoms with Crippen molar-refractivity contribution < 1.29 is 12.8 Å². The van der Waals surface area contributed by atoms with Crippen molar-refractivity contribution >= 4 is 21.4 Å². The van der Waals surface area contributed by atoms with E-state index in [-0.39, 0.29) is 10.6 Å². The van der Waals surface area contributed by atoms with Crippen LogP contribution in [-0.4, -0.2) is 13.4 Å². The van der Waals surface area contributed by atoms with Crippen molar-refractivity contribution in [2.45, 2.75) is 4.90 Å². The van der Waals surface area contributed by atoms with E-state index in [1.165, 1.54) is 24.3 Å². The number of nitrogens with two attached hydrogens (primary N) is 1. The number of rotatable bonds is 3. The lowest BCUT2D eigenvalue weighted by Gasteiger charge is -2.07. The van der Waals surface area contributed by atoms with Crippen LogP contribution in [-0.2, 0) is 10.0 Å². The maximum absolute atomic E-state index is 12.6. The van der Waals surface area contributed by atoms with Crippen molar-refractivity contribution in [1.82, 2.24) is 4.98 Å². The Balaban J connectivity index is 2.30. The molecule has 2 aromatic rings. The summed E-state index contributed by atoms with van der Waals surface area (Å²) in [7, 11) is -3.74. The van der Waals surface area contributed by atoms with E-state index >= 15 is 0 Å². The highest BCUT2D eigenvalue weighted by atomic mass is 32.2. The van der Waals surface area contributed by atoms with Gasteiger partial charge in [-0.25, -0.2) is 13.4 Å². The van der Waals surface area contributed by atoms with Crippen molar-refractivity contribution in [2.24, 2.45) is 0 Å². The van der Waals surface area contributed by atoms with Crippen LogP contribution < -0.4 is 10.5 Å². The first-order chi connectivity index (χ1) is 8.47. The summed E-state index contributed by atoms with van der Waals surface area (Å²) in [6, 6.07) is 8.21. The minimum Gasteiger partial charge on any atom is -0.399 e. The molecule has 0 atom stereocenters. The van der Waals surface area contributed by atoms with Crippen LogP contribution >= 0.6 is 0 Å². The van der Waals surface area contributed by atoms with Crippen molar-refractivity contribution in [1.29, 1.82) is 0 Å². The molecule has 0 aliphatic carbocycles. The molecule has 0 aliphatic rings. The van der Waals surface area contributed by atoms with Gasteiger partial charge in [-0.15, -0.1) is 0 Å². The second-order valence-corrected chi connectivity index (χ2v) is 5.23. The van der Waals surface area contributed by atoms with Crippen LogP contribution in [0, 0.1) is 5.95 Å². The molecule has 0 saturated carbocycles. The Morgan fingerprint density at radius 3 is 2.61 bits per heavy atom. The first kappa shape index (κ1) is 12.3. The van der Waals surface area contributed by atoms with Crippen molar-refractivity contribution in [3.05, 3.63) is 48.5 Å². The molecule has 0 aliphatic heterocycles. The van der Waals surface area contributed by atoms with E-state index in [0.717, 1.165) is 12.3 Å². The van der Waals surface area contributed by atoms with Crippen LogP contribution in [0.1, 0.15) is 0 Å². The van der Waals surface area contributed by atoms with Crippen molar-refractivity contribution in [3.8, 4) is 0 Å². The van der Waals surface area contributed by atoms with Gasteiger partial charge in [0.15, 0.2) is 0 Å². The van der Waals surface area contributed by atoms with Gasteiger partial charge in [-0.05, 0) is 30.3 Å². The predicted molar refractivity (Wildman–Crippen MR) is 65.9 cm³/mol. The molecule has 1 heterocycles. The van der Waals surface area contributed by atoms with Crippen molar-refractivity contribution in [2.75, 3.05) is 10.5 Å². The van der Waals surface area contributed by atoms with E-state index in [0.29, 0.717) is 5.69 Å². The number of halogens is 1. The van der Waals surface area contributed by atoms with Crippen LogP contribution in [0.3, 0.4) is 0 Å². The first-order valence-corrected chi connectivity index (χ1v) is 6.45. The topological polar surface area (TPSA) is 85.1 Å². The van der Waals surface area contributed by atoms with Gasteiger partial charge in [-0.3, -0.25) is 4.72 Å². The number of anilines is 2. The van der Waals surface area contributed by atoms with E-state index in [1.807, 2.05) is 0 Å². The summed E-state index contributed by atoms with van der Waals surface area (Å²) in [5.74, 6) is -0.679. The molecular formula is C11H10FN3O2S. The third-order valence-electron chi connectivity index (χ3n) is 2.15. The molecule has 1 aromatic carbocycles. The summed E-state index contributed by atoms with van der Waals surface area (Å²) >= 11 is 0. The summed E-state index contributed by atoms with van der Waals surface area (Å²) in [6.45, 7) is 0. The third kappa shape index (κ3) is 2.75. The van der Waals surface area contributed by atoms with Crippen LogP contribution in [0.4, 0.5) is 15.8 Å². The zero-order chi connectivity index (χ0) is 13.2. The monoisotopic (exact) mass is 267 g/mol. The molecule has 0 saturated heterocycles. The van der Waals surface area contributed by atoms with Gasteiger partial charge in [-0.2, -0.15) is 4.39 Å². The normalized spacial score (nSPS) is 11.2. The molecule has 18 heavy (non-hydrogen) atoms. The van der Waals surface area contributed by atoms with E-state index < -0.39 is 16.0 Å². The lowest BCUT2D eigenvalue weighted by Crippen LogP contribution is -2.13. The molecule has 2 rings (SSSR count). The zero-order valence-electron chi connectivity index (χ0n) is 9.17. The van der Waals surface area contributed by atoms with Gasteiger partial charge in [0.2, 0.25) is 5.95 Å². The summed E-state index contributed by atoms with van der Waals surface area (Å²) in [5.41, 5.74) is 6.04. The average Bonchev–Trinajstić information content (AvgIpc) is 2.32. The lowest BCUT2D eigenvalue weighted by atomic mass is 10.3. The molecule has 7 heteroatoms. The fourth-order valence-corrected chi connectivity index (χ4v) is 2.43. The van der Waals surface area contributed by atoms with Crippen LogP contribution in [0.25, 0.3) is 0 Å². The summed E-state index contributed by atoms with van der Waals surface area (Å²) < 4.78 is 38.8. The summed E-state index contributed by atoms with van der Waals surface area (Å²) in [6.07, 6.45) is 1.10. The molecule has 0 bridgehead atoms. The van der Waals surface area contributed by atoms with E-state index in [1.54, 1.807) is 6.07 Å². The largest absolute Gasteiger partial charge is 0.399 e. The number of hydrogen-bond donors (Lipinski definition) is 2. The molecule has 94 valence electrons. The third-order valence-corrected chi connectivity index (χ3v) is 3.53. The Morgan fingerprint density at radius 1 is 1.22 bits per heavy atom. The highest BCUT2D eigenvalue weighted by Gasteiger charge is 2.14. The second kappa shape index (κ2) is 4.61. The first-order valence-electron chi connectivity index (χ1n) is 4.97. The van der Waals surface area contributed by atoms with Gasteiger partial charge in [0.1, 0.15) is 0 Å². The quantitative estimate of drug-likeness (QED) is 0.653. The molecule has 0 radical (unpaired) electrons. The van der Waals surface area contributed by atoms with Gasteiger partial charge >= 0.3 is 0 Å². The smallest absolute Gasteiger partial charge is 0.262 e. The number of pyridine rings is 1. The minimum absolute atomic E-state index is 0.0341.